The highest BCUT2D eigenvalue weighted by Gasteiger charge is 2.33. The van der Waals surface area contributed by atoms with Crippen LogP contribution in [-0.4, -0.2) is 61.5 Å². The largest absolute Gasteiger partial charge is 0.445 e. The Hall–Kier alpha value is -4.07. The first-order valence-corrected chi connectivity index (χ1v) is 15.3. The summed E-state index contributed by atoms with van der Waals surface area (Å²) in [5.74, 6) is 0. The first kappa shape index (κ1) is 28.5. The number of hydrogen-bond donors (Lipinski definition) is 1. The number of aryl methyl sites for hydroxylation is 1. The van der Waals surface area contributed by atoms with Crippen LogP contribution in [0.2, 0.25) is 0 Å². The molecule has 5 rings (SSSR count). The van der Waals surface area contributed by atoms with Crippen LogP contribution in [0.3, 0.4) is 0 Å². The summed E-state index contributed by atoms with van der Waals surface area (Å²) in [7, 11) is -4.32. The Morgan fingerprint density at radius 3 is 2.71 bits per heavy atom. The highest BCUT2D eigenvalue weighted by atomic mass is 32.2. The van der Waals surface area contributed by atoms with E-state index in [1.807, 2.05) is 37.3 Å². The van der Waals surface area contributed by atoms with Crippen LogP contribution in [0.15, 0.2) is 77.7 Å². The van der Waals surface area contributed by atoms with Gasteiger partial charge in [-0.1, -0.05) is 42.5 Å². The number of piperazine rings is 1. The number of thiazole rings is 1. The molecule has 4 aromatic rings. The fourth-order valence-electron chi connectivity index (χ4n) is 4.78. The predicted octanol–water partition coefficient (Wildman–Crippen LogP) is 4.71. The number of benzene rings is 3. The van der Waals surface area contributed by atoms with Crippen LogP contribution in [0.5, 0.6) is 0 Å². The van der Waals surface area contributed by atoms with Crippen LogP contribution in [0.25, 0.3) is 10.2 Å². The Labute approximate surface area is 241 Å². The van der Waals surface area contributed by atoms with Crippen LogP contribution in [0, 0.1) is 17.0 Å². The number of nitro groups is 1. The van der Waals surface area contributed by atoms with Gasteiger partial charge in [0.2, 0.25) is 0 Å². The van der Waals surface area contributed by atoms with Crippen molar-refractivity contribution in [1.29, 1.82) is 0 Å². The second-order valence-corrected chi connectivity index (χ2v) is 12.7. The quantitative estimate of drug-likeness (QED) is 0.217. The van der Waals surface area contributed by atoms with E-state index in [1.165, 1.54) is 39.9 Å². The van der Waals surface area contributed by atoms with Gasteiger partial charge in [0.05, 0.1) is 25.8 Å². The fourth-order valence-corrected chi connectivity index (χ4v) is 7.28. The number of ether oxygens (including phenoxy) is 1. The molecule has 13 heteroatoms. The Morgan fingerprint density at radius 1 is 1.17 bits per heavy atom. The van der Waals surface area contributed by atoms with Gasteiger partial charge in [0, 0.05) is 38.3 Å². The van der Waals surface area contributed by atoms with Gasteiger partial charge in [0.1, 0.15) is 6.61 Å². The van der Waals surface area contributed by atoms with Crippen molar-refractivity contribution >= 4 is 49.0 Å². The molecule has 1 aliphatic rings. The number of anilines is 1. The summed E-state index contributed by atoms with van der Waals surface area (Å²) in [4.78, 5) is 29.4. The van der Waals surface area contributed by atoms with E-state index < -0.39 is 26.7 Å². The van der Waals surface area contributed by atoms with Crippen molar-refractivity contribution in [3.63, 3.8) is 0 Å². The molecule has 2 heterocycles. The zero-order valence-corrected chi connectivity index (χ0v) is 23.9. The van der Waals surface area contributed by atoms with Crippen molar-refractivity contribution in [1.82, 2.24) is 15.2 Å². The van der Waals surface area contributed by atoms with Crippen molar-refractivity contribution in [3.05, 3.63) is 93.5 Å². The minimum absolute atomic E-state index is 0.0300. The first-order valence-electron chi connectivity index (χ1n) is 13.0. The van der Waals surface area contributed by atoms with Gasteiger partial charge < -0.3 is 15.0 Å². The van der Waals surface area contributed by atoms with E-state index >= 15 is 0 Å². The molecule has 1 fully saturated rings. The van der Waals surface area contributed by atoms with Crippen molar-refractivity contribution in [2.24, 2.45) is 0 Å². The van der Waals surface area contributed by atoms with Gasteiger partial charge in [0.15, 0.2) is 4.90 Å². The van der Waals surface area contributed by atoms with Gasteiger partial charge in [-0.2, -0.15) is 0 Å². The van der Waals surface area contributed by atoms with Crippen LogP contribution in [0.1, 0.15) is 17.0 Å². The summed E-state index contributed by atoms with van der Waals surface area (Å²) in [6, 6.07) is 19.7. The summed E-state index contributed by atoms with van der Waals surface area (Å²) < 4.78 is 35.4. The average molecular weight is 596 g/mol. The number of nitro benzene ring substituents is 1. The van der Waals surface area contributed by atoms with E-state index in [1.54, 1.807) is 23.1 Å². The Kier molecular flexibility index (Phi) is 8.47. The molecule has 0 radical (unpaired) electrons. The molecule has 1 amide bonds. The third-order valence-corrected chi connectivity index (χ3v) is 9.60. The summed E-state index contributed by atoms with van der Waals surface area (Å²) in [6.45, 7) is 3.38. The van der Waals surface area contributed by atoms with Crippen molar-refractivity contribution < 1.29 is 22.9 Å². The number of rotatable bonds is 9. The molecular weight excluding hydrogens is 566 g/mol. The second kappa shape index (κ2) is 12.2. The lowest BCUT2D eigenvalue weighted by Crippen LogP contribution is -2.53. The number of amides is 1. The lowest BCUT2D eigenvalue weighted by atomic mass is 10.1. The molecule has 1 atom stereocenters. The maximum absolute atomic E-state index is 14.0. The smallest absolute Gasteiger partial charge is 0.410 e. The van der Waals surface area contributed by atoms with Crippen LogP contribution in [0.4, 0.5) is 16.2 Å². The monoisotopic (exact) mass is 595 g/mol. The van der Waals surface area contributed by atoms with Crippen molar-refractivity contribution in [2.75, 3.05) is 30.5 Å². The van der Waals surface area contributed by atoms with Crippen molar-refractivity contribution in [2.45, 2.75) is 30.9 Å². The van der Waals surface area contributed by atoms with Gasteiger partial charge in [-0.25, -0.2) is 18.2 Å². The molecule has 0 spiro atoms. The molecular formula is C28H29N5O6S2. The molecule has 214 valence electrons. The number of nitrogens with one attached hydrogen (secondary N) is 1. The standard InChI is InChI=1S/C28H29N5O6S2/c1-20-30-24-12-11-23(17-26(24)40-20)32(41(37,38)27-10-6-5-9-25(27)33(35)36)15-13-22-18-31(16-14-29-22)28(34)39-19-21-7-3-2-4-8-21/h2-12,17,22,29H,13-16,18-19H2,1H3/t22-/m1/s1. The molecule has 0 bridgehead atoms. The minimum atomic E-state index is -4.32. The molecule has 0 unspecified atom stereocenters. The van der Waals surface area contributed by atoms with Gasteiger partial charge in [0.25, 0.3) is 15.7 Å². The third-order valence-electron chi connectivity index (χ3n) is 6.80. The van der Waals surface area contributed by atoms with Crippen LogP contribution >= 0.6 is 11.3 Å². The molecule has 1 saturated heterocycles. The average Bonchev–Trinajstić information content (AvgIpc) is 3.36. The number of carbonyl (C=O) groups excluding carboxylic acids is 1. The Bertz CT molecular complexity index is 1660. The predicted molar refractivity (Wildman–Crippen MR) is 157 cm³/mol. The van der Waals surface area contributed by atoms with Gasteiger partial charge in [-0.3, -0.25) is 14.4 Å². The number of aromatic nitrogens is 1. The van der Waals surface area contributed by atoms with E-state index in [9.17, 15) is 23.3 Å². The molecule has 0 aliphatic carbocycles. The Balaban J connectivity index is 1.36. The highest BCUT2D eigenvalue weighted by molar-refractivity contribution is 7.93. The highest BCUT2D eigenvalue weighted by Crippen LogP contribution is 2.33. The molecule has 3 aromatic carbocycles. The molecule has 0 saturated carbocycles. The van der Waals surface area contributed by atoms with E-state index in [4.69, 9.17) is 4.74 Å². The lowest BCUT2D eigenvalue weighted by molar-refractivity contribution is -0.387. The van der Waals surface area contributed by atoms with Crippen LogP contribution < -0.4 is 9.62 Å². The summed E-state index contributed by atoms with van der Waals surface area (Å²) in [5, 5.41) is 15.9. The topological polar surface area (TPSA) is 135 Å². The summed E-state index contributed by atoms with van der Waals surface area (Å²) in [5.41, 5.74) is 1.53. The maximum Gasteiger partial charge on any atom is 0.410 e. The fraction of sp³-hybridized carbons (Fsp3) is 0.286. The normalized spacial score (nSPS) is 15.5. The van der Waals surface area contributed by atoms with E-state index in [0.717, 1.165) is 20.8 Å². The minimum Gasteiger partial charge on any atom is -0.445 e. The SMILES string of the molecule is Cc1nc2ccc(N(CC[C@@H]3CN(C(=O)OCc4ccccc4)CCN3)S(=O)(=O)c3ccccc3[N+](=O)[O-])cc2s1. The lowest BCUT2D eigenvalue weighted by Gasteiger charge is -2.34. The molecule has 11 nitrogen and oxygen atoms in total. The number of hydrogen-bond acceptors (Lipinski definition) is 9. The van der Waals surface area contributed by atoms with Crippen molar-refractivity contribution in [3.8, 4) is 0 Å². The number of fused-ring (bicyclic) bond motifs is 1. The molecule has 41 heavy (non-hydrogen) atoms. The number of sulfonamides is 1. The van der Waals surface area contributed by atoms with Gasteiger partial charge in [-0.05, 0) is 43.2 Å². The maximum atomic E-state index is 14.0. The zero-order valence-electron chi connectivity index (χ0n) is 22.3. The third kappa shape index (κ3) is 6.47. The molecule has 1 aromatic heterocycles. The second-order valence-electron chi connectivity index (χ2n) is 9.61. The van der Waals surface area contributed by atoms with Crippen LogP contribution in [-0.2, 0) is 21.4 Å². The summed E-state index contributed by atoms with van der Waals surface area (Å²) >= 11 is 1.44. The van der Waals surface area contributed by atoms with E-state index in [0.29, 0.717) is 31.7 Å². The molecule has 1 aliphatic heterocycles. The van der Waals surface area contributed by atoms with Gasteiger partial charge >= 0.3 is 6.09 Å². The number of para-hydroxylation sites is 1. The van der Waals surface area contributed by atoms with E-state index in [2.05, 4.69) is 10.3 Å². The Morgan fingerprint density at radius 2 is 1.93 bits per heavy atom. The van der Waals surface area contributed by atoms with E-state index in [-0.39, 0.29) is 24.1 Å². The van der Waals surface area contributed by atoms with Gasteiger partial charge in [-0.15, -0.1) is 11.3 Å². The molecule has 1 N–H and O–H groups in total. The summed E-state index contributed by atoms with van der Waals surface area (Å²) in [6.07, 6.45) is -0.0852. The number of nitrogens with zero attached hydrogens (tertiary/aromatic N) is 4. The number of carbonyl (C=O) groups is 1. The first-order chi connectivity index (χ1) is 19.7. The zero-order chi connectivity index (χ0) is 29.0.